The minimum absolute atomic E-state index is 0.0484. The van der Waals surface area contributed by atoms with Crippen molar-refractivity contribution in [2.24, 2.45) is 5.92 Å². The minimum Gasteiger partial charge on any atom is -0.488 e. The first-order valence-electron chi connectivity index (χ1n) is 15.3. The lowest BCUT2D eigenvalue weighted by atomic mass is 9.83. The van der Waals surface area contributed by atoms with Crippen molar-refractivity contribution >= 4 is 17.7 Å². The van der Waals surface area contributed by atoms with Gasteiger partial charge in [-0.05, 0) is 75.3 Å². The van der Waals surface area contributed by atoms with Crippen molar-refractivity contribution in [1.82, 2.24) is 20.9 Å². The number of likely N-dealkylation sites (tertiary alicyclic amines) is 1. The molecule has 3 N–H and O–H groups in total. The van der Waals surface area contributed by atoms with Gasteiger partial charge < -0.3 is 25.6 Å². The Morgan fingerprint density at radius 3 is 2.41 bits per heavy atom. The van der Waals surface area contributed by atoms with Crippen molar-refractivity contribution in [3.8, 4) is 5.75 Å². The average Bonchev–Trinajstić information content (AvgIpc) is 3.44. The average molecular weight is 561 g/mol. The number of ether oxygens (including phenoxy) is 1. The molecule has 1 heterocycles. The Morgan fingerprint density at radius 2 is 1.66 bits per heavy atom. The Bertz CT molecular complexity index is 1200. The summed E-state index contributed by atoms with van der Waals surface area (Å²) in [6.45, 7) is 2.09. The molecule has 0 radical (unpaired) electrons. The Balaban J connectivity index is 1.39. The largest absolute Gasteiger partial charge is 0.488 e. The van der Waals surface area contributed by atoms with E-state index in [-0.39, 0.29) is 35.8 Å². The van der Waals surface area contributed by atoms with Crippen LogP contribution in [0.25, 0.3) is 0 Å². The fraction of sp³-hybridized carbons (Fsp3) is 0.545. The molecule has 2 aliphatic carbocycles. The lowest BCUT2D eigenvalue weighted by molar-refractivity contribution is -0.143. The molecule has 2 aromatic rings. The summed E-state index contributed by atoms with van der Waals surface area (Å²) in [6.07, 6.45) is 7.96. The summed E-state index contributed by atoms with van der Waals surface area (Å²) in [4.78, 5) is 43.0. The molecule has 1 saturated carbocycles. The zero-order chi connectivity index (χ0) is 28.8. The minimum atomic E-state index is -0.671. The predicted octanol–water partition coefficient (Wildman–Crippen LogP) is 3.90. The number of likely N-dealkylation sites (N-methyl/N-ethyl adjacent to an activating group) is 1. The molecule has 1 saturated heterocycles. The van der Waals surface area contributed by atoms with E-state index in [1.807, 2.05) is 42.5 Å². The second kappa shape index (κ2) is 13.5. The van der Waals surface area contributed by atoms with Crippen LogP contribution in [0.3, 0.4) is 0 Å². The van der Waals surface area contributed by atoms with Crippen LogP contribution in [0.5, 0.6) is 5.75 Å². The number of nitrogens with one attached hydrogen (secondary N) is 3. The van der Waals surface area contributed by atoms with E-state index < -0.39 is 18.1 Å². The van der Waals surface area contributed by atoms with Crippen molar-refractivity contribution < 1.29 is 19.1 Å². The molecular formula is C33H44N4O4. The lowest BCUT2D eigenvalue weighted by Gasteiger charge is -2.35. The van der Waals surface area contributed by atoms with Gasteiger partial charge in [0.25, 0.3) is 0 Å². The molecule has 0 bridgehead atoms. The first kappa shape index (κ1) is 29.1. The molecule has 8 heteroatoms. The van der Waals surface area contributed by atoms with Crippen LogP contribution in [0.4, 0.5) is 0 Å². The maximum absolute atomic E-state index is 14.3. The molecule has 0 unspecified atom stereocenters. The number of nitrogens with zero attached hydrogens (tertiary/aromatic N) is 1. The van der Waals surface area contributed by atoms with E-state index in [1.165, 1.54) is 5.56 Å². The van der Waals surface area contributed by atoms with Gasteiger partial charge >= 0.3 is 0 Å². The van der Waals surface area contributed by atoms with Crippen molar-refractivity contribution in [3.63, 3.8) is 0 Å². The Kier molecular flexibility index (Phi) is 9.60. The van der Waals surface area contributed by atoms with Crippen LogP contribution < -0.4 is 20.7 Å². The maximum atomic E-state index is 14.3. The van der Waals surface area contributed by atoms with E-state index in [4.69, 9.17) is 4.74 Å². The molecule has 3 amide bonds. The molecular weight excluding hydrogens is 516 g/mol. The molecule has 5 atom stereocenters. The standard InChI is InChI=1S/C33H44N4O4/c1-22(34-2)31(38)36-30(24-13-5-3-6-14-24)33(40)37-21-26(41-25-16-7-4-8-17-25)20-29(37)32(39)35-28-19-11-15-23-12-9-10-18-27(23)28/h4,7-10,12,16-18,22,24,26,28-30,34H,3,5-6,11,13-15,19-21H2,1-2H3,(H,35,39)(H,36,38)/t22-,26-,28+,29-,30-/m0/s1. The number of carbonyl (C=O) groups excluding carboxylic acids is 3. The third-order valence-electron chi connectivity index (χ3n) is 9.09. The molecule has 220 valence electrons. The summed E-state index contributed by atoms with van der Waals surface area (Å²) < 4.78 is 6.27. The van der Waals surface area contributed by atoms with Crippen molar-refractivity contribution in [2.45, 2.75) is 95.0 Å². The number of rotatable bonds is 9. The third-order valence-corrected chi connectivity index (χ3v) is 9.09. The molecule has 3 aliphatic rings. The van der Waals surface area contributed by atoms with Crippen LogP contribution in [0.1, 0.15) is 75.5 Å². The summed E-state index contributed by atoms with van der Waals surface area (Å²) >= 11 is 0. The Labute approximate surface area is 243 Å². The van der Waals surface area contributed by atoms with Gasteiger partial charge in [-0.15, -0.1) is 0 Å². The van der Waals surface area contributed by atoms with Crippen molar-refractivity contribution in [1.29, 1.82) is 0 Å². The Morgan fingerprint density at radius 1 is 0.927 bits per heavy atom. The van der Waals surface area contributed by atoms with E-state index >= 15 is 0 Å². The van der Waals surface area contributed by atoms with Gasteiger partial charge in [-0.2, -0.15) is 0 Å². The van der Waals surface area contributed by atoms with Crippen LogP contribution >= 0.6 is 0 Å². The van der Waals surface area contributed by atoms with Crippen LogP contribution in [0, 0.1) is 5.92 Å². The zero-order valence-corrected chi connectivity index (χ0v) is 24.3. The van der Waals surface area contributed by atoms with Gasteiger partial charge in [0.05, 0.1) is 18.6 Å². The highest BCUT2D eigenvalue weighted by Crippen LogP contribution is 2.33. The van der Waals surface area contributed by atoms with E-state index in [1.54, 1.807) is 18.9 Å². The molecule has 0 aromatic heterocycles. The second-order valence-electron chi connectivity index (χ2n) is 11.8. The number of amides is 3. The second-order valence-corrected chi connectivity index (χ2v) is 11.8. The highest BCUT2D eigenvalue weighted by molar-refractivity contribution is 5.94. The fourth-order valence-electron chi connectivity index (χ4n) is 6.67. The van der Waals surface area contributed by atoms with Gasteiger partial charge in [-0.3, -0.25) is 14.4 Å². The molecule has 2 fully saturated rings. The summed E-state index contributed by atoms with van der Waals surface area (Å²) in [5, 5.41) is 9.33. The SMILES string of the molecule is CN[C@@H](C)C(=O)N[C@H](C(=O)N1C[C@@H](Oc2ccccc2)C[C@H]1C(=O)N[C@@H]1CCCc2ccccc21)C1CCCCC1. The summed E-state index contributed by atoms with van der Waals surface area (Å²) in [6, 6.07) is 16.0. The number of para-hydroxylation sites is 1. The molecule has 5 rings (SSSR count). The molecule has 1 aliphatic heterocycles. The monoisotopic (exact) mass is 560 g/mol. The van der Waals surface area contributed by atoms with E-state index in [0.29, 0.717) is 18.7 Å². The van der Waals surface area contributed by atoms with E-state index in [2.05, 4.69) is 28.1 Å². The highest BCUT2D eigenvalue weighted by atomic mass is 16.5. The van der Waals surface area contributed by atoms with E-state index in [9.17, 15) is 14.4 Å². The van der Waals surface area contributed by atoms with Crippen LogP contribution in [-0.4, -0.2) is 60.4 Å². The quantitative estimate of drug-likeness (QED) is 0.432. The number of aryl methyl sites for hydroxylation is 1. The number of carbonyl (C=O) groups is 3. The predicted molar refractivity (Wildman–Crippen MR) is 158 cm³/mol. The topological polar surface area (TPSA) is 99.8 Å². The molecule has 41 heavy (non-hydrogen) atoms. The maximum Gasteiger partial charge on any atom is 0.246 e. The number of hydrogen-bond donors (Lipinski definition) is 3. The molecule has 0 spiro atoms. The van der Waals surface area contributed by atoms with Crippen LogP contribution in [0.15, 0.2) is 54.6 Å². The fourth-order valence-corrected chi connectivity index (χ4v) is 6.67. The smallest absolute Gasteiger partial charge is 0.246 e. The highest BCUT2D eigenvalue weighted by Gasteiger charge is 2.45. The molecule has 2 aromatic carbocycles. The summed E-state index contributed by atoms with van der Waals surface area (Å²) in [7, 11) is 1.73. The van der Waals surface area contributed by atoms with Crippen molar-refractivity contribution in [2.75, 3.05) is 13.6 Å². The summed E-state index contributed by atoms with van der Waals surface area (Å²) in [5.74, 6) is 0.223. The normalized spacial score (nSPS) is 24.1. The third kappa shape index (κ3) is 6.92. The van der Waals surface area contributed by atoms with Crippen molar-refractivity contribution in [3.05, 3.63) is 65.7 Å². The summed E-state index contributed by atoms with van der Waals surface area (Å²) in [5.41, 5.74) is 2.43. The first-order chi connectivity index (χ1) is 19.9. The number of fused-ring (bicyclic) bond motifs is 1. The van der Waals surface area contributed by atoms with E-state index in [0.717, 1.165) is 56.9 Å². The van der Waals surface area contributed by atoms with Gasteiger partial charge in [0.1, 0.15) is 23.9 Å². The number of benzene rings is 2. The van der Waals surface area contributed by atoms with Gasteiger partial charge in [0.15, 0.2) is 0 Å². The van der Waals surface area contributed by atoms with Gasteiger partial charge in [0, 0.05) is 6.42 Å². The van der Waals surface area contributed by atoms with Crippen LogP contribution in [-0.2, 0) is 20.8 Å². The zero-order valence-electron chi connectivity index (χ0n) is 24.3. The van der Waals surface area contributed by atoms with Crippen LogP contribution in [0.2, 0.25) is 0 Å². The van der Waals surface area contributed by atoms with Gasteiger partial charge in [-0.25, -0.2) is 0 Å². The number of hydrogen-bond acceptors (Lipinski definition) is 5. The first-order valence-corrected chi connectivity index (χ1v) is 15.3. The van der Waals surface area contributed by atoms with Gasteiger partial charge in [-0.1, -0.05) is 61.7 Å². The lowest BCUT2D eigenvalue weighted by Crippen LogP contribution is -2.58. The molecule has 8 nitrogen and oxygen atoms in total. The Hall–Kier alpha value is -3.39. The van der Waals surface area contributed by atoms with Gasteiger partial charge in [0.2, 0.25) is 17.7 Å².